The third-order valence-electron chi connectivity index (χ3n) is 2.57. The van der Waals surface area contributed by atoms with Crippen molar-refractivity contribution < 1.29 is 9.53 Å². The zero-order valence-electron chi connectivity index (χ0n) is 10.5. The summed E-state index contributed by atoms with van der Waals surface area (Å²) in [6.45, 7) is 5.06. The summed E-state index contributed by atoms with van der Waals surface area (Å²) >= 11 is 0. The van der Waals surface area contributed by atoms with Crippen LogP contribution in [0.25, 0.3) is 5.65 Å². The van der Waals surface area contributed by atoms with Crippen molar-refractivity contribution in [1.29, 1.82) is 0 Å². The fourth-order valence-electron chi connectivity index (χ4n) is 1.70. The van der Waals surface area contributed by atoms with Gasteiger partial charge in [0.2, 0.25) is 0 Å². The number of anilines is 1. The zero-order chi connectivity index (χ0) is 13.0. The van der Waals surface area contributed by atoms with E-state index >= 15 is 0 Å². The Morgan fingerprint density at radius 3 is 3.00 bits per heavy atom. The van der Waals surface area contributed by atoms with E-state index in [9.17, 15) is 4.79 Å². The Hall–Kier alpha value is -2.11. The number of rotatable bonds is 5. The Kier molecular flexibility index (Phi) is 3.76. The minimum absolute atomic E-state index is 0.210. The van der Waals surface area contributed by atoms with Crippen molar-refractivity contribution in [1.82, 2.24) is 14.6 Å². The minimum atomic E-state index is -0.241. The molecule has 2 aromatic heterocycles. The highest BCUT2D eigenvalue weighted by molar-refractivity contribution is 5.75. The van der Waals surface area contributed by atoms with Crippen LogP contribution in [0.3, 0.4) is 0 Å². The van der Waals surface area contributed by atoms with E-state index < -0.39 is 0 Å². The standard InChI is InChI=1S/C12H16N4O2/c1-3-15(9-12(17)18-4-2)10-6-8-16-11(14-10)5-7-13-16/h5-8H,3-4,9H2,1-2H3. The average Bonchev–Trinajstić information content (AvgIpc) is 2.83. The molecule has 2 rings (SSSR count). The van der Waals surface area contributed by atoms with E-state index in [1.54, 1.807) is 17.6 Å². The molecule has 0 saturated heterocycles. The molecule has 0 spiro atoms. The molecule has 0 aliphatic heterocycles. The van der Waals surface area contributed by atoms with Crippen LogP contribution in [0.15, 0.2) is 24.5 Å². The summed E-state index contributed by atoms with van der Waals surface area (Å²) in [6, 6.07) is 3.66. The average molecular weight is 248 g/mol. The van der Waals surface area contributed by atoms with Gasteiger partial charge in [0.1, 0.15) is 12.4 Å². The van der Waals surface area contributed by atoms with Gasteiger partial charge < -0.3 is 9.64 Å². The van der Waals surface area contributed by atoms with Gasteiger partial charge in [-0.05, 0) is 19.9 Å². The molecule has 0 aromatic carbocycles. The summed E-state index contributed by atoms with van der Waals surface area (Å²) in [4.78, 5) is 17.8. The first-order chi connectivity index (χ1) is 8.74. The van der Waals surface area contributed by atoms with Crippen molar-refractivity contribution in [3.8, 4) is 0 Å². The van der Waals surface area contributed by atoms with E-state index in [2.05, 4.69) is 10.1 Å². The Bertz CT molecular complexity index is 538. The predicted molar refractivity (Wildman–Crippen MR) is 67.5 cm³/mol. The molecule has 96 valence electrons. The van der Waals surface area contributed by atoms with Crippen molar-refractivity contribution in [2.75, 3.05) is 24.6 Å². The van der Waals surface area contributed by atoms with Gasteiger partial charge in [-0.15, -0.1) is 0 Å². The Morgan fingerprint density at radius 2 is 2.28 bits per heavy atom. The number of carbonyl (C=O) groups is 1. The maximum absolute atomic E-state index is 11.5. The molecule has 2 aromatic rings. The van der Waals surface area contributed by atoms with Crippen molar-refractivity contribution >= 4 is 17.4 Å². The molecule has 0 fully saturated rings. The molecule has 0 saturated carbocycles. The van der Waals surface area contributed by atoms with E-state index in [0.29, 0.717) is 13.2 Å². The molecule has 0 unspecified atom stereocenters. The van der Waals surface area contributed by atoms with Crippen molar-refractivity contribution in [2.45, 2.75) is 13.8 Å². The number of fused-ring (bicyclic) bond motifs is 1. The van der Waals surface area contributed by atoms with Crippen molar-refractivity contribution in [2.24, 2.45) is 0 Å². The molecule has 6 nitrogen and oxygen atoms in total. The number of esters is 1. The van der Waals surface area contributed by atoms with Gasteiger partial charge in [0.15, 0.2) is 5.65 Å². The zero-order valence-corrected chi connectivity index (χ0v) is 10.5. The molecule has 6 heteroatoms. The highest BCUT2D eigenvalue weighted by Gasteiger charge is 2.12. The highest BCUT2D eigenvalue weighted by atomic mass is 16.5. The van der Waals surface area contributed by atoms with Crippen LogP contribution < -0.4 is 4.90 Å². The molecular weight excluding hydrogens is 232 g/mol. The van der Waals surface area contributed by atoms with E-state index in [1.807, 2.05) is 30.2 Å². The van der Waals surface area contributed by atoms with Crippen LogP contribution in [-0.4, -0.2) is 40.3 Å². The number of aromatic nitrogens is 3. The highest BCUT2D eigenvalue weighted by Crippen LogP contribution is 2.11. The normalized spacial score (nSPS) is 10.6. The van der Waals surface area contributed by atoms with Crippen molar-refractivity contribution in [3.63, 3.8) is 0 Å². The summed E-state index contributed by atoms with van der Waals surface area (Å²) < 4.78 is 6.62. The van der Waals surface area contributed by atoms with Gasteiger partial charge in [0, 0.05) is 18.8 Å². The van der Waals surface area contributed by atoms with E-state index in [0.717, 1.165) is 11.5 Å². The quantitative estimate of drug-likeness (QED) is 0.742. The molecule has 0 aliphatic carbocycles. The summed E-state index contributed by atoms with van der Waals surface area (Å²) in [5.74, 6) is 0.507. The first-order valence-corrected chi connectivity index (χ1v) is 5.95. The van der Waals surface area contributed by atoms with Crippen LogP contribution in [0.5, 0.6) is 0 Å². The van der Waals surface area contributed by atoms with Crippen molar-refractivity contribution in [3.05, 3.63) is 24.5 Å². The fourth-order valence-corrected chi connectivity index (χ4v) is 1.70. The smallest absolute Gasteiger partial charge is 0.325 e. The van der Waals surface area contributed by atoms with Crippen LogP contribution in [-0.2, 0) is 9.53 Å². The van der Waals surface area contributed by atoms with Crippen LogP contribution in [0.2, 0.25) is 0 Å². The van der Waals surface area contributed by atoms with E-state index in [-0.39, 0.29) is 12.5 Å². The molecule has 0 atom stereocenters. The lowest BCUT2D eigenvalue weighted by molar-refractivity contribution is -0.141. The molecule has 0 bridgehead atoms. The summed E-state index contributed by atoms with van der Waals surface area (Å²) in [5.41, 5.74) is 0.759. The first kappa shape index (κ1) is 12.3. The Balaban J connectivity index is 2.18. The molecule has 0 aliphatic rings. The minimum Gasteiger partial charge on any atom is -0.465 e. The monoisotopic (exact) mass is 248 g/mol. The van der Waals surface area contributed by atoms with E-state index in [1.165, 1.54) is 0 Å². The van der Waals surface area contributed by atoms with Crippen LogP contribution in [0, 0.1) is 0 Å². The van der Waals surface area contributed by atoms with Crippen LogP contribution in [0.1, 0.15) is 13.8 Å². The predicted octanol–water partition coefficient (Wildman–Crippen LogP) is 1.12. The number of hydrogen-bond donors (Lipinski definition) is 0. The number of hydrogen-bond acceptors (Lipinski definition) is 5. The van der Waals surface area contributed by atoms with Gasteiger partial charge in [-0.3, -0.25) is 4.79 Å². The second-order valence-electron chi connectivity index (χ2n) is 3.74. The van der Waals surface area contributed by atoms with Gasteiger partial charge >= 0.3 is 5.97 Å². The number of carbonyl (C=O) groups excluding carboxylic acids is 1. The lowest BCUT2D eigenvalue weighted by Crippen LogP contribution is -2.31. The SMILES string of the molecule is CCOC(=O)CN(CC)c1ccn2nccc2n1. The van der Waals surface area contributed by atoms with Crippen LogP contribution >= 0.6 is 0 Å². The van der Waals surface area contributed by atoms with Crippen LogP contribution in [0.4, 0.5) is 5.82 Å². The van der Waals surface area contributed by atoms with Gasteiger partial charge in [-0.2, -0.15) is 5.10 Å². The fraction of sp³-hybridized carbons (Fsp3) is 0.417. The molecule has 2 heterocycles. The number of nitrogens with zero attached hydrogens (tertiary/aromatic N) is 4. The third kappa shape index (κ3) is 2.58. The topological polar surface area (TPSA) is 59.7 Å². The lowest BCUT2D eigenvalue weighted by Gasteiger charge is -2.20. The molecule has 0 N–H and O–H groups in total. The van der Waals surface area contributed by atoms with Gasteiger partial charge in [0.05, 0.1) is 12.8 Å². The van der Waals surface area contributed by atoms with Gasteiger partial charge in [0.25, 0.3) is 0 Å². The largest absolute Gasteiger partial charge is 0.465 e. The molecular formula is C12H16N4O2. The summed E-state index contributed by atoms with van der Waals surface area (Å²) in [5, 5.41) is 4.08. The second kappa shape index (κ2) is 5.48. The molecule has 0 amide bonds. The number of ether oxygens (including phenoxy) is 1. The second-order valence-corrected chi connectivity index (χ2v) is 3.74. The summed E-state index contributed by atoms with van der Waals surface area (Å²) in [6.07, 6.45) is 3.51. The molecule has 0 radical (unpaired) electrons. The maximum atomic E-state index is 11.5. The Morgan fingerprint density at radius 1 is 1.44 bits per heavy atom. The first-order valence-electron chi connectivity index (χ1n) is 5.95. The maximum Gasteiger partial charge on any atom is 0.325 e. The summed E-state index contributed by atoms with van der Waals surface area (Å²) in [7, 11) is 0. The van der Waals surface area contributed by atoms with Gasteiger partial charge in [-0.25, -0.2) is 9.50 Å². The third-order valence-corrected chi connectivity index (χ3v) is 2.57. The van der Waals surface area contributed by atoms with E-state index in [4.69, 9.17) is 4.74 Å². The lowest BCUT2D eigenvalue weighted by atomic mass is 10.4. The molecule has 18 heavy (non-hydrogen) atoms. The van der Waals surface area contributed by atoms with Gasteiger partial charge in [-0.1, -0.05) is 0 Å². The Labute approximate surface area is 105 Å². The number of likely N-dealkylation sites (N-methyl/N-ethyl adjacent to an activating group) is 1.